The zero-order valence-electron chi connectivity index (χ0n) is 19.7. The highest BCUT2D eigenvalue weighted by molar-refractivity contribution is 6.04. The Morgan fingerprint density at radius 2 is 1.70 bits per heavy atom. The molecule has 2 amide bonds. The summed E-state index contributed by atoms with van der Waals surface area (Å²) in [6, 6.07) is 2.79. The third-order valence-electron chi connectivity index (χ3n) is 5.43. The van der Waals surface area contributed by atoms with Gasteiger partial charge < -0.3 is 4.74 Å². The van der Waals surface area contributed by atoms with Crippen LogP contribution in [0.5, 0.6) is 0 Å². The van der Waals surface area contributed by atoms with Gasteiger partial charge in [0.05, 0.1) is 28.7 Å². The van der Waals surface area contributed by atoms with Crippen molar-refractivity contribution >= 4 is 12.0 Å². The minimum atomic E-state index is -5.03. The molecule has 0 unspecified atom stereocenters. The monoisotopic (exact) mass is 526 g/mol. The molecule has 1 aliphatic heterocycles. The Kier molecular flexibility index (Phi) is 6.29. The minimum Gasteiger partial charge on any atom is -0.443 e. The largest absolute Gasteiger partial charge is 0.443 e. The van der Waals surface area contributed by atoms with Crippen LogP contribution in [0.3, 0.4) is 0 Å². The third kappa shape index (κ3) is 5.16. The van der Waals surface area contributed by atoms with Crippen LogP contribution in [-0.4, -0.2) is 43.8 Å². The molecule has 1 aromatic carbocycles. The van der Waals surface area contributed by atoms with E-state index in [9.17, 15) is 27.2 Å². The average molecular weight is 526 g/mol. The summed E-state index contributed by atoms with van der Waals surface area (Å²) in [5, 5.41) is 4.08. The summed E-state index contributed by atoms with van der Waals surface area (Å²) >= 11 is 0. The summed E-state index contributed by atoms with van der Waals surface area (Å²) in [6.07, 6.45) is -3.57. The van der Waals surface area contributed by atoms with Gasteiger partial charge in [0.15, 0.2) is 0 Å². The fourth-order valence-electron chi connectivity index (χ4n) is 3.78. The van der Waals surface area contributed by atoms with E-state index in [1.54, 1.807) is 20.8 Å². The van der Waals surface area contributed by atoms with Crippen molar-refractivity contribution < 1.29 is 40.7 Å². The summed E-state index contributed by atoms with van der Waals surface area (Å²) in [5.41, 5.74) is -4.15. The predicted molar refractivity (Wildman–Crippen MR) is 117 cm³/mol. The fourth-order valence-corrected chi connectivity index (χ4v) is 3.78. The first kappa shape index (κ1) is 26.2. The Balaban J connectivity index is 1.67. The highest BCUT2D eigenvalue weighted by atomic mass is 19.4. The van der Waals surface area contributed by atoms with Gasteiger partial charge in [-0.2, -0.15) is 27.1 Å². The quantitative estimate of drug-likeness (QED) is 0.422. The lowest BCUT2D eigenvalue weighted by Crippen LogP contribution is -2.44. The molecule has 0 atom stereocenters. The number of pyridine rings is 1. The highest BCUT2D eigenvalue weighted by Crippen LogP contribution is 2.39. The van der Waals surface area contributed by atoms with Gasteiger partial charge in [-0.05, 0) is 51.1 Å². The molecule has 0 saturated heterocycles. The summed E-state index contributed by atoms with van der Waals surface area (Å²) in [4.78, 5) is 29.7. The van der Waals surface area contributed by atoms with E-state index in [1.165, 1.54) is 16.9 Å². The SMILES string of the molecule is CC(C)(C)OC(=O)N1CCc2c(cnn2-c2ccnc(C(F)(F)c3cc(F)cc(C(F)(F)F)c3)c2)C1=O. The van der Waals surface area contributed by atoms with Crippen molar-refractivity contribution in [1.29, 1.82) is 0 Å². The van der Waals surface area contributed by atoms with Gasteiger partial charge in [-0.15, -0.1) is 0 Å². The van der Waals surface area contributed by atoms with Gasteiger partial charge in [-0.25, -0.2) is 18.8 Å². The average Bonchev–Trinajstić information content (AvgIpc) is 3.22. The van der Waals surface area contributed by atoms with Crippen LogP contribution in [0.25, 0.3) is 5.69 Å². The molecule has 2 aromatic heterocycles. The number of aromatic nitrogens is 3. The van der Waals surface area contributed by atoms with Crippen molar-refractivity contribution in [3.05, 3.63) is 76.6 Å². The maximum Gasteiger partial charge on any atom is 0.417 e. The number of benzene rings is 1. The molecule has 0 fully saturated rings. The Labute approximate surface area is 206 Å². The predicted octanol–water partition coefficient (Wildman–Crippen LogP) is 5.50. The van der Waals surface area contributed by atoms with Gasteiger partial charge in [-0.1, -0.05) is 0 Å². The molecule has 0 spiro atoms. The molecule has 0 saturated carbocycles. The van der Waals surface area contributed by atoms with Gasteiger partial charge in [0, 0.05) is 24.7 Å². The second-order valence-corrected chi connectivity index (χ2v) is 9.30. The molecule has 37 heavy (non-hydrogen) atoms. The fraction of sp³-hybridized carbons (Fsp3) is 0.333. The molecule has 13 heteroatoms. The van der Waals surface area contributed by atoms with E-state index < -0.39 is 52.3 Å². The number of halogens is 6. The normalized spacial score (nSPS) is 14.5. The number of hydrogen-bond acceptors (Lipinski definition) is 5. The summed E-state index contributed by atoms with van der Waals surface area (Å²) in [7, 11) is 0. The van der Waals surface area contributed by atoms with Crippen LogP contribution < -0.4 is 0 Å². The van der Waals surface area contributed by atoms with Gasteiger partial charge in [0.2, 0.25) is 0 Å². The molecule has 196 valence electrons. The summed E-state index contributed by atoms with van der Waals surface area (Å²) in [6.45, 7) is 4.89. The number of rotatable bonds is 3. The summed E-state index contributed by atoms with van der Waals surface area (Å²) in [5.74, 6) is -6.25. The second-order valence-electron chi connectivity index (χ2n) is 9.30. The van der Waals surface area contributed by atoms with E-state index in [-0.39, 0.29) is 36.3 Å². The number of hydrogen-bond donors (Lipinski definition) is 0. The van der Waals surface area contributed by atoms with E-state index in [0.29, 0.717) is 11.8 Å². The standard InChI is InChI=1S/C24H20F6N4O3/c1-22(2,3)37-21(36)33-7-5-18-17(20(33)35)12-32-34(18)16-4-6-31-19(11-16)23(26,27)13-8-14(24(28,29)30)10-15(25)9-13/h4,6,8-12H,5,7H2,1-3H3. The van der Waals surface area contributed by atoms with Crippen LogP contribution in [0.1, 0.15) is 53.6 Å². The minimum absolute atomic E-state index is 0.0388. The number of carbonyl (C=O) groups is 2. The van der Waals surface area contributed by atoms with Crippen molar-refractivity contribution in [3.8, 4) is 5.69 Å². The lowest BCUT2D eigenvalue weighted by atomic mass is 10.0. The van der Waals surface area contributed by atoms with Crippen molar-refractivity contribution in [2.24, 2.45) is 0 Å². The zero-order valence-corrected chi connectivity index (χ0v) is 19.7. The van der Waals surface area contributed by atoms with E-state index in [4.69, 9.17) is 4.74 Å². The third-order valence-corrected chi connectivity index (χ3v) is 5.43. The number of amides is 2. The molecule has 0 aliphatic carbocycles. The van der Waals surface area contributed by atoms with Crippen LogP contribution in [0, 0.1) is 5.82 Å². The molecule has 0 N–H and O–H groups in total. The Morgan fingerprint density at radius 1 is 1.03 bits per heavy atom. The molecular weight excluding hydrogens is 506 g/mol. The molecule has 1 aliphatic rings. The van der Waals surface area contributed by atoms with Crippen LogP contribution >= 0.6 is 0 Å². The number of nitrogens with zero attached hydrogens (tertiary/aromatic N) is 4. The van der Waals surface area contributed by atoms with E-state index in [2.05, 4.69) is 10.1 Å². The number of carbonyl (C=O) groups excluding carboxylic acids is 2. The molecule has 7 nitrogen and oxygen atoms in total. The maximum absolute atomic E-state index is 15.2. The molecule has 0 radical (unpaired) electrons. The molecule has 4 rings (SSSR count). The number of alkyl halides is 5. The maximum atomic E-state index is 15.2. The number of fused-ring (bicyclic) bond motifs is 1. The van der Waals surface area contributed by atoms with E-state index >= 15 is 8.78 Å². The first-order chi connectivity index (χ1) is 17.1. The topological polar surface area (TPSA) is 77.3 Å². The number of ether oxygens (including phenoxy) is 1. The van der Waals surface area contributed by atoms with Crippen molar-refractivity contribution in [2.75, 3.05) is 6.54 Å². The van der Waals surface area contributed by atoms with Gasteiger partial charge in [0.1, 0.15) is 17.1 Å². The smallest absolute Gasteiger partial charge is 0.417 e. The first-order valence-electron chi connectivity index (χ1n) is 10.9. The number of imide groups is 1. The Hall–Kier alpha value is -3.90. The molecule has 3 aromatic rings. The van der Waals surface area contributed by atoms with Crippen LogP contribution in [0.2, 0.25) is 0 Å². The van der Waals surface area contributed by atoms with Crippen molar-refractivity contribution in [2.45, 2.75) is 44.9 Å². The lowest BCUT2D eigenvalue weighted by Gasteiger charge is -2.28. The van der Waals surface area contributed by atoms with Crippen LogP contribution in [0.15, 0.2) is 42.7 Å². The van der Waals surface area contributed by atoms with Crippen molar-refractivity contribution in [1.82, 2.24) is 19.7 Å². The van der Waals surface area contributed by atoms with Crippen LogP contribution in [0.4, 0.5) is 31.1 Å². The second kappa shape index (κ2) is 8.89. The molecule has 3 heterocycles. The molecule has 0 bridgehead atoms. The molecular formula is C24H20F6N4O3. The van der Waals surface area contributed by atoms with E-state index in [0.717, 1.165) is 17.2 Å². The van der Waals surface area contributed by atoms with Crippen molar-refractivity contribution in [3.63, 3.8) is 0 Å². The first-order valence-corrected chi connectivity index (χ1v) is 10.9. The summed E-state index contributed by atoms with van der Waals surface area (Å²) < 4.78 is 89.7. The van der Waals surface area contributed by atoms with Gasteiger partial charge >= 0.3 is 18.2 Å². The Morgan fingerprint density at radius 3 is 2.35 bits per heavy atom. The Bertz CT molecular complexity index is 1380. The zero-order chi connectivity index (χ0) is 27.3. The lowest BCUT2D eigenvalue weighted by molar-refractivity contribution is -0.138. The van der Waals surface area contributed by atoms with Gasteiger partial charge in [0.25, 0.3) is 5.91 Å². The van der Waals surface area contributed by atoms with Crippen LogP contribution in [-0.2, 0) is 23.3 Å². The highest BCUT2D eigenvalue weighted by Gasteiger charge is 2.40. The van der Waals surface area contributed by atoms with E-state index in [1.807, 2.05) is 0 Å². The van der Waals surface area contributed by atoms with Gasteiger partial charge in [-0.3, -0.25) is 9.78 Å².